The molecule has 0 nitrogen and oxygen atoms in total. The van der Waals surface area contributed by atoms with Crippen molar-refractivity contribution < 1.29 is 0 Å². The van der Waals surface area contributed by atoms with E-state index in [9.17, 15) is 0 Å². The minimum Gasteiger partial charge on any atom is -0.0651 e. The van der Waals surface area contributed by atoms with E-state index < -0.39 is 0 Å². The third kappa shape index (κ3) is 1.74. The average molecular weight is 140 g/mol. The number of hydrogen-bond acceptors (Lipinski definition) is 0. The maximum Gasteiger partial charge on any atom is -0.0388 e. The van der Waals surface area contributed by atoms with Crippen molar-refractivity contribution in [3.63, 3.8) is 0 Å². The summed E-state index contributed by atoms with van der Waals surface area (Å²) in [5.41, 5.74) is 0. The Morgan fingerprint density at radius 3 is 2.30 bits per heavy atom. The smallest absolute Gasteiger partial charge is 0.0388 e. The average Bonchev–Trinajstić information content (AvgIpc) is 2.34. The lowest BCUT2D eigenvalue weighted by Crippen LogP contribution is -2.03. The maximum absolute atomic E-state index is 2.36. The van der Waals surface area contributed by atoms with Gasteiger partial charge in [-0.1, -0.05) is 33.6 Å². The van der Waals surface area contributed by atoms with E-state index in [-0.39, 0.29) is 0 Å². The zero-order valence-corrected chi connectivity index (χ0v) is 7.56. The van der Waals surface area contributed by atoms with Crippen molar-refractivity contribution in [1.29, 1.82) is 0 Å². The van der Waals surface area contributed by atoms with Crippen molar-refractivity contribution in [2.75, 3.05) is 0 Å². The zero-order chi connectivity index (χ0) is 7.56. The van der Waals surface area contributed by atoms with Crippen LogP contribution in [0.1, 0.15) is 46.5 Å². The highest BCUT2D eigenvalue weighted by Crippen LogP contribution is 2.36. The van der Waals surface area contributed by atoms with Crippen molar-refractivity contribution in [1.82, 2.24) is 0 Å². The van der Waals surface area contributed by atoms with Crippen molar-refractivity contribution >= 4 is 0 Å². The van der Waals surface area contributed by atoms with E-state index in [4.69, 9.17) is 0 Å². The van der Waals surface area contributed by atoms with Gasteiger partial charge >= 0.3 is 0 Å². The topological polar surface area (TPSA) is 0 Å². The van der Waals surface area contributed by atoms with Gasteiger partial charge in [0, 0.05) is 0 Å². The molecule has 1 aliphatic carbocycles. The molecule has 0 aromatic heterocycles. The van der Waals surface area contributed by atoms with E-state index in [0.29, 0.717) is 0 Å². The molecule has 2 atom stereocenters. The monoisotopic (exact) mass is 140 g/mol. The Hall–Kier alpha value is 0. The van der Waals surface area contributed by atoms with Gasteiger partial charge in [0.05, 0.1) is 0 Å². The Bertz CT molecular complexity index is 94.2. The minimum absolute atomic E-state index is 0.927. The summed E-state index contributed by atoms with van der Waals surface area (Å²) in [6.45, 7) is 7.05. The van der Waals surface area contributed by atoms with Gasteiger partial charge in [-0.25, -0.2) is 0 Å². The SMILES string of the molecule is CC[C@@H]1CC[C@H](C(C)C)C1. The molecule has 0 saturated heterocycles. The summed E-state index contributed by atoms with van der Waals surface area (Å²) in [6.07, 6.45) is 5.91. The van der Waals surface area contributed by atoms with Crippen LogP contribution >= 0.6 is 0 Å². The van der Waals surface area contributed by atoms with Gasteiger partial charge in [0.15, 0.2) is 0 Å². The third-order valence-corrected chi connectivity index (χ3v) is 3.10. The molecule has 0 heterocycles. The predicted molar refractivity (Wildman–Crippen MR) is 46.0 cm³/mol. The van der Waals surface area contributed by atoms with Crippen LogP contribution in [0.15, 0.2) is 0 Å². The van der Waals surface area contributed by atoms with Crippen LogP contribution in [0.3, 0.4) is 0 Å². The fraction of sp³-hybridized carbons (Fsp3) is 1.00. The van der Waals surface area contributed by atoms with E-state index >= 15 is 0 Å². The van der Waals surface area contributed by atoms with Crippen molar-refractivity contribution in [3.05, 3.63) is 0 Å². The second-order valence-corrected chi connectivity index (χ2v) is 4.09. The molecule has 0 aliphatic heterocycles. The molecule has 0 bridgehead atoms. The lowest BCUT2D eigenvalue weighted by atomic mass is 9.93. The van der Waals surface area contributed by atoms with E-state index in [1.807, 2.05) is 0 Å². The molecular formula is C10H20. The molecule has 60 valence electrons. The first-order valence-corrected chi connectivity index (χ1v) is 4.74. The first kappa shape index (κ1) is 8.10. The second-order valence-electron chi connectivity index (χ2n) is 4.09. The number of rotatable bonds is 2. The van der Waals surface area contributed by atoms with Gasteiger partial charge < -0.3 is 0 Å². The highest BCUT2D eigenvalue weighted by molar-refractivity contribution is 4.76. The molecule has 0 aromatic carbocycles. The largest absolute Gasteiger partial charge is 0.0651 e. The van der Waals surface area contributed by atoms with Crippen LogP contribution in [0.5, 0.6) is 0 Å². The van der Waals surface area contributed by atoms with Gasteiger partial charge in [-0.3, -0.25) is 0 Å². The van der Waals surface area contributed by atoms with Crippen LogP contribution in [0.2, 0.25) is 0 Å². The summed E-state index contributed by atoms with van der Waals surface area (Å²) in [4.78, 5) is 0. The first-order chi connectivity index (χ1) is 4.74. The van der Waals surface area contributed by atoms with Crippen molar-refractivity contribution in [2.24, 2.45) is 17.8 Å². The highest BCUT2D eigenvalue weighted by atomic mass is 14.3. The maximum atomic E-state index is 2.36. The van der Waals surface area contributed by atoms with Crippen LogP contribution < -0.4 is 0 Å². The molecule has 0 heteroatoms. The molecule has 10 heavy (non-hydrogen) atoms. The van der Waals surface area contributed by atoms with E-state index in [1.54, 1.807) is 0 Å². The van der Waals surface area contributed by atoms with Gasteiger partial charge in [0.1, 0.15) is 0 Å². The van der Waals surface area contributed by atoms with Crippen LogP contribution in [-0.4, -0.2) is 0 Å². The standard InChI is InChI=1S/C10H20/c1-4-9-5-6-10(7-9)8(2)3/h8-10H,4-7H2,1-3H3/t9-,10+/m1/s1. The van der Waals surface area contributed by atoms with Gasteiger partial charge in [-0.2, -0.15) is 0 Å². The van der Waals surface area contributed by atoms with Crippen LogP contribution in [0.25, 0.3) is 0 Å². The highest BCUT2D eigenvalue weighted by Gasteiger charge is 2.24. The van der Waals surface area contributed by atoms with Crippen molar-refractivity contribution in [2.45, 2.75) is 46.5 Å². The predicted octanol–water partition coefficient (Wildman–Crippen LogP) is 3.47. The Morgan fingerprint density at radius 1 is 1.30 bits per heavy atom. The Labute approximate surface area is 65.0 Å². The Balaban J connectivity index is 2.28. The van der Waals surface area contributed by atoms with Crippen LogP contribution in [0, 0.1) is 17.8 Å². The summed E-state index contributed by atoms with van der Waals surface area (Å²) in [5, 5.41) is 0. The fourth-order valence-corrected chi connectivity index (χ4v) is 2.09. The van der Waals surface area contributed by atoms with E-state index in [1.165, 1.54) is 25.7 Å². The fourth-order valence-electron chi connectivity index (χ4n) is 2.09. The van der Waals surface area contributed by atoms with Gasteiger partial charge in [-0.05, 0) is 30.6 Å². The first-order valence-electron chi connectivity index (χ1n) is 4.74. The second kappa shape index (κ2) is 3.41. The Morgan fingerprint density at radius 2 is 2.00 bits per heavy atom. The molecule has 0 spiro atoms. The van der Waals surface area contributed by atoms with Crippen LogP contribution in [0.4, 0.5) is 0 Å². The molecule has 1 aliphatic rings. The van der Waals surface area contributed by atoms with Gasteiger partial charge in [-0.15, -0.1) is 0 Å². The molecule has 0 amide bonds. The molecule has 0 unspecified atom stereocenters. The molecule has 1 saturated carbocycles. The molecule has 0 N–H and O–H groups in total. The number of hydrogen-bond donors (Lipinski definition) is 0. The summed E-state index contributed by atoms with van der Waals surface area (Å²) >= 11 is 0. The summed E-state index contributed by atoms with van der Waals surface area (Å²) in [7, 11) is 0. The van der Waals surface area contributed by atoms with E-state index in [0.717, 1.165) is 17.8 Å². The van der Waals surface area contributed by atoms with Gasteiger partial charge in [0.25, 0.3) is 0 Å². The normalized spacial score (nSPS) is 33.6. The van der Waals surface area contributed by atoms with Crippen LogP contribution in [-0.2, 0) is 0 Å². The molecule has 0 radical (unpaired) electrons. The van der Waals surface area contributed by atoms with Gasteiger partial charge in [0.2, 0.25) is 0 Å². The van der Waals surface area contributed by atoms with E-state index in [2.05, 4.69) is 20.8 Å². The summed E-state index contributed by atoms with van der Waals surface area (Å²) in [5.74, 6) is 3.04. The zero-order valence-electron chi connectivity index (χ0n) is 7.56. The summed E-state index contributed by atoms with van der Waals surface area (Å²) < 4.78 is 0. The minimum atomic E-state index is 0.927. The lowest BCUT2D eigenvalue weighted by molar-refractivity contribution is 0.376. The lowest BCUT2D eigenvalue weighted by Gasteiger charge is -2.13. The molecular weight excluding hydrogens is 120 g/mol. The quantitative estimate of drug-likeness (QED) is 0.551. The molecule has 1 fully saturated rings. The molecule has 1 rings (SSSR count). The Kier molecular flexibility index (Phi) is 2.76. The van der Waals surface area contributed by atoms with Crippen molar-refractivity contribution in [3.8, 4) is 0 Å². The summed E-state index contributed by atoms with van der Waals surface area (Å²) in [6, 6.07) is 0. The third-order valence-electron chi connectivity index (χ3n) is 3.10. The molecule has 0 aromatic rings.